The molecule has 6 nitrogen and oxygen atoms in total. The first-order valence-corrected chi connectivity index (χ1v) is 8.91. The van der Waals surface area contributed by atoms with Gasteiger partial charge in [0.05, 0.1) is 11.6 Å². The lowest BCUT2D eigenvalue weighted by molar-refractivity contribution is -0.118. The molecule has 2 aromatic carbocycles. The summed E-state index contributed by atoms with van der Waals surface area (Å²) >= 11 is 0. The van der Waals surface area contributed by atoms with Gasteiger partial charge in [0.15, 0.2) is 5.78 Å². The van der Waals surface area contributed by atoms with Crippen molar-refractivity contribution >= 4 is 17.4 Å². The van der Waals surface area contributed by atoms with Gasteiger partial charge in [-0.3, -0.25) is 9.59 Å². The van der Waals surface area contributed by atoms with E-state index in [0.29, 0.717) is 36.0 Å². The number of Topliss-reactive ketones (excluding diaryl/α,β-unsaturated/α-hetero) is 1. The number of ketones is 1. The Hall–Kier alpha value is -3.28. The van der Waals surface area contributed by atoms with E-state index in [1.54, 1.807) is 17.9 Å². The lowest BCUT2D eigenvalue weighted by Gasteiger charge is -2.29. The van der Waals surface area contributed by atoms with Crippen LogP contribution in [0.3, 0.4) is 0 Å². The van der Waals surface area contributed by atoms with Crippen molar-refractivity contribution in [1.82, 2.24) is 10.2 Å². The van der Waals surface area contributed by atoms with Gasteiger partial charge in [0.2, 0.25) is 17.7 Å². The minimum Gasteiger partial charge on any atom is -0.425 e. The van der Waals surface area contributed by atoms with Crippen LogP contribution in [0.25, 0.3) is 0 Å². The van der Waals surface area contributed by atoms with Crippen LogP contribution in [0.15, 0.2) is 59.0 Å². The number of rotatable bonds is 4. The van der Waals surface area contributed by atoms with Crippen molar-refractivity contribution < 1.29 is 14.0 Å². The molecule has 1 aliphatic heterocycles. The molecule has 2 heterocycles. The molecule has 0 bridgehead atoms. The molecule has 1 aliphatic rings. The standard InChI is InChI=1S/C21H19N3O3/c1-14-22-23-21(27-14)17(15-7-3-2-4-8-15)13-20(26)24-12-11-19(25)16-9-5-6-10-18(16)24/h2-10,17H,11-13H2,1H3. The Kier molecular flexibility index (Phi) is 4.54. The fourth-order valence-electron chi connectivity index (χ4n) is 3.44. The van der Waals surface area contributed by atoms with Crippen molar-refractivity contribution in [2.45, 2.75) is 25.7 Å². The molecule has 1 aromatic heterocycles. The fourth-order valence-corrected chi connectivity index (χ4v) is 3.44. The number of carbonyl (C=O) groups is 2. The number of fused-ring (bicyclic) bond motifs is 1. The molecule has 1 amide bonds. The van der Waals surface area contributed by atoms with Crippen LogP contribution in [-0.4, -0.2) is 28.4 Å². The van der Waals surface area contributed by atoms with Crippen LogP contribution in [0.2, 0.25) is 0 Å². The summed E-state index contributed by atoms with van der Waals surface area (Å²) in [6, 6.07) is 16.9. The summed E-state index contributed by atoms with van der Waals surface area (Å²) < 4.78 is 5.63. The summed E-state index contributed by atoms with van der Waals surface area (Å²) in [6.07, 6.45) is 0.520. The lowest BCUT2D eigenvalue weighted by atomic mass is 9.93. The second-order valence-corrected chi connectivity index (χ2v) is 6.56. The van der Waals surface area contributed by atoms with Crippen LogP contribution in [0, 0.1) is 6.92 Å². The highest BCUT2D eigenvalue weighted by atomic mass is 16.4. The highest BCUT2D eigenvalue weighted by Crippen LogP contribution is 2.32. The molecular formula is C21H19N3O3. The van der Waals surface area contributed by atoms with Crippen LogP contribution < -0.4 is 4.90 Å². The maximum atomic E-state index is 13.2. The average molecular weight is 361 g/mol. The fraction of sp³-hybridized carbons (Fsp3) is 0.238. The number of aryl methyl sites for hydroxylation is 1. The van der Waals surface area contributed by atoms with Crippen molar-refractivity contribution in [3.63, 3.8) is 0 Å². The topological polar surface area (TPSA) is 76.3 Å². The first kappa shape index (κ1) is 17.1. The number of carbonyl (C=O) groups excluding carboxylic acids is 2. The zero-order valence-electron chi connectivity index (χ0n) is 15.0. The Labute approximate surface area is 156 Å². The third-order valence-corrected chi connectivity index (χ3v) is 4.78. The van der Waals surface area contributed by atoms with Gasteiger partial charge >= 0.3 is 0 Å². The number of nitrogens with zero attached hydrogens (tertiary/aromatic N) is 3. The van der Waals surface area contributed by atoms with Gasteiger partial charge in [-0.1, -0.05) is 42.5 Å². The monoisotopic (exact) mass is 361 g/mol. The molecule has 3 aromatic rings. The van der Waals surface area contributed by atoms with Crippen LogP contribution in [0.5, 0.6) is 0 Å². The van der Waals surface area contributed by atoms with E-state index in [2.05, 4.69) is 10.2 Å². The summed E-state index contributed by atoms with van der Waals surface area (Å²) in [4.78, 5) is 27.0. The molecule has 0 spiro atoms. The number of para-hydroxylation sites is 1. The molecule has 0 saturated heterocycles. The zero-order valence-corrected chi connectivity index (χ0v) is 15.0. The molecule has 1 unspecified atom stereocenters. The Bertz CT molecular complexity index is 981. The van der Waals surface area contributed by atoms with E-state index in [4.69, 9.17) is 4.42 Å². The SMILES string of the molecule is Cc1nnc(C(CC(=O)N2CCC(=O)c3ccccc32)c2ccccc2)o1. The van der Waals surface area contributed by atoms with Crippen molar-refractivity contribution in [3.05, 3.63) is 77.5 Å². The Morgan fingerprint density at radius 3 is 2.59 bits per heavy atom. The van der Waals surface area contributed by atoms with Crippen molar-refractivity contribution in [2.75, 3.05) is 11.4 Å². The summed E-state index contributed by atoms with van der Waals surface area (Å²) in [6.45, 7) is 2.12. The first-order valence-electron chi connectivity index (χ1n) is 8.91. The van der Waals surface area contributed by atoms with Crippen molar-refractivity contribution in [3.8, 4) is 0 Å². The predicted octanol–water partition coefficient (Wildman–Crippen LogP) is 3.52. The van der Waals surface area contributed by atoms with Gasteiger partial charge in [-0.05, 0) is 17.7 Å². The molecule has 4 rings (SSSR count). The number of benzene rings is 2. The first-order chi connectivity index (χ1) is 13.1. The molecule has 136 valence electrons. The highest BCUT2D eigenvalue weighted by molar-refractivity contribution is 6.08. The van der Waals surface area contributed by atoms with E-state index < -0.39 is 0 Å². The summed E-state index contributed by atoms with van der Waals surface area (Å²) in [5.41, 5.74) is 2.21. The third kappa shape index (κ3) is 3.38. The summed E-state index contributed by atoms with van der Waals surface area (Å²) in [7, 11) is 0. The van der Waals surface area contributed by atoms with Crippen molar-refractivity contribution in [1.29, 1.82) is 0 Å². The molecule has 0 radical (unpaired) electrons. The Morgan fingerprint density at radius 2 is 1.85 bits per heavy atom. The second-order valence-electron chi connectivity index (χ2n) is 6.56. The summed E-state index contributed by atoms with van der Waals surface area (Å²) in [5, 5.41) is 8.05. The quantitative estimate of drug-likeness (QED) is 0.711. The van der Waals surface area contributed by atoms with Gasteiger partial charge in [-0.15, -0.1) is 10.2 Å². The number of hydrogen-bond acceptors (Lipinski definition) is 5. The second kappa shape index (κ2) is 7.15. The van der Waals surface area contributed by atoms with E-state index in [0.717, 1.165) is 5.56 Å². The Morgan fingerprint density at radius 1 is 1.11 bits per heavy atom. The number of aromatic nitrogens is 2. The van der Waals surface area contributed by atoms with Crippen molar-refractivity contribution in [2.24, 2.45) is 0 Å². The van der Waals surface area contributed by atoms with Gasteiger partial charge in [0, 0.05) is 31.9 Å². The molecule has 0 N–H and O–H groups in total. The van der Waals surface area contributed by atoms with Gasteiger partial charge < -0.3 is 9.32 Å². The number of anilines is 1. The van der Waals surface area contributed by atoms with E-state index in [9.17, 15) is 9.59 Å². The van der Waals surface area contributed by atoms with Crippen LogP contribution in [0.4, 0.5) is 5.69 Å². The van der Waals surface area contributed by atoms with Crippen LogP contribution in [-0.2, 0) is 4.79 Å². The normalized spacial score (nSPS) is 14.7. The maximum absolute atomic E-state index is 13.2. The molecule has 0 aliphatic carbocycles. The van der Waals surface area contributed by atoms with Gasteiger partial charge in [-0.25, -0.2) is 0 Å². The molecule has 6 heteroatoms. The number of hydrogen-bond donors (Lipinski definition) is 0. The molecule has 0 saturated carbocycles. The van der Waals surface area contributed by atoms with E-state index in [-0.39, 0.29) is 24.0 Å². The average Bonchev–Trinajstić information content (AvgIpc) is 3.13. The van der Waals surface area contributed by atoms with Gasteiger partial charge in [0.25, 0.3) is 0 Å². The van der Waals surface area contributed by atoms with E-state index in [1.165, 1.54) is 0 Å². The van der Waals surface area contributed by atoms with E-state index >= 15 is 0 Å². The predicted molar refractivity (Wildman–Crippen MR) is 99.7 cm³/mol. The largest absolute Gasteiger partial charge is 0.425 e. The van der Waals surface area contributed by atoms with Gasteiger partial charge in [0.1, 0.15) is 0 Å². The molecule has 0 fully saturated rings. The van der Waals surface area contributed by atoms with Gasteiger partial charge in [-0.2, -0.15) is 0 Å². The maximum Gasteiger partial charge on any atom is 0.228 e. The highest BCUT2D eigenvalue weighted by Gasteiger charge is 2.30. The Balaban J connectivity index is 1.65. The van der Waals surface area contributed by atoms with Crippen LogP contribution in [0.1, 0.15) is 46.5 Å². The lowest BCUT2D eigenvalue weighted by Crippen LogP contribution is -2.38. The molecule has 1 atom stereocenters. The minimum absolute atomic E-state index is 0.0698. The molecule has 27 heavy (non-hydrogen) atoms. The van der Waals surface area contributed by atoms with E-state index in [1.807, 2.05) is 48.5 Å². The molecular weight excluding hydrogens is 342 g/mol. The number of amides is 1. The third-order valence-electron chi connectivity index (χ3n) is 4.78. The minimum atomic E-state index is -0.329. The smallest absolute Gasteiger partial charge is 0.228 e. The summed E-state index contributed by atoms with van der Waals surface area (Å²) in [5.74, 6) is 0.562. The van der Waals surface area contributed by atoms with Crippen LogP contribution >= 0.6 is 0 Å². The zero-order chi connectivity index (χ0) is 18.8.